The van der Waals surface area contributed by atoms with Gasteiger partial charge in [0, 0.05) is 35.1 Å². The number of hydrogen-bond acceptors (Lipinski definition) is 5. The van der Waals surface area contributed by atoms with Gasteiger partial charge in [-0.3, -0.25) is 4.79 Å². The molecular weight excluding hydrogens is 629 g/mol. The van der Waals surface area contributed by atoms with E-state index in [1.807, 2.05) is 20.8 Å². The average Bonchev–Trinajstić information content (AvgIpc) is 3.43. The molecule has 0 radical (unpaired) electrons. The van der Waals surface area contributed by atoms with Crippen molar-refractivity contribution in [3.05, 3.63) is 69.2 Å². The van der Waals surface area contributed by atoms with E-state index in [-0.39, 0.29) is 44.9 Å². The quantitative estimate of drug-likeness (QED) is 0.391. The Hall–Kier alpha value is -2.29. The molecule has 2 aliphatic heterocycles. The molecule has 12 heteroatoms. The van der Waals surface area contributed by atoms with Crippen molar-refractivity contribution in [1.29, 1.82) is 5.26 Å². The van der Waals surface area contributed by atoms with Crippen molar-refractivity contribution in [1.82, 2.24) is 14.9 Å². The molecular formula is C32H38Cl2F2N4O3S. The maximum atomic E-state index is 15.9. The predicted molar refractivity (Wildman–Crippen MR) is 167 cm³/mol. The molecule has 2 aromatic carbocycles. The molecule has 0 aromatic heterocycles. The maximum absolute atomic E-state index is 15.9. The van der Waals surface area contributed by atoms with Crippen LogP contribution in [0.25, 0.3) is 0 Å². The molecule has 3 fully saturated rings. The van der Waals surface area contributed by atoms with Crippen LogP contribution in [0.3, 0.4) is 0 Å². The molecule has 2 saturated heterocycles. The summed E-state index contributed by atoms with van der Waals surface area (Å²) < 4.78 is 59.5. The second-order valence-corrected chi connectivity index (χ2v) is 16.3. The van der Waals surface area contributed by atoms with E-state index in [2.05, 4.69) is 16.7 Å². The Kier molecular flexibility index (Phi) is 9.39. The fourth-order valence-corrected chi connectivity index (χ4v) is 9.72. The molecule has 5 atom stereocenters. The molecule has 2 heterocycles. The van der Waals surface area contributed by atoms with Crippen LogP contribution in [0.2, 0.25) is 10.0 Å². The number of nitriles is 1. The molecule has 2 aromatic rings. The van der Waals surface area contributed by atoms with Gasteiger partial charge in [-0.1, -0.05) is 81.4 Å². The first-order valence-corrected chi connectivity index (χ1v) is 17.4. The normalized spacial score (nSPS) is 29.4. The molecule has 1 amide bonds. The standard InChI is InChI=1S/C32H38Cl2F2N4O3S/c1-31(2,3)15-26-32(18-37,23-13-12-19(33)14-25(23)35)27(22-10-7-11-24(34)28(22)36)29(39-26)30(41)38-20-16-40(44(42,43)17-20)21-8-5-4-6-9-21/h7,10-14,20-21,26-27,29,39H,4-6,8-9,15-17H2,1-3H3,(H,38,41)/t20?,26-,27-,29+,32-/m0/s1. The van der Waals surface area contributed by atoms with E-state index < -0.39 is 57.0 Å². The van der Waals surface area contributed by atoms with Crippen molar-refractivity contribution in [3.63, 3.8) is 0 Å². The van der Waals surface area contributed by atoms with Crippen molar-refractivity contribution in [2.75, 3.05) is 12.3 Å². The van der Waals surface area contributed by atoms with Gasteiger partial charge in [0.1, 0.15) is 17.0 Å². The van der Waals surface area contributed by atoms with Gasteiger partial charge < -0.3 is 10.6 Å². The van der Waals surface area contributed by atoms with Gasteiger partial charge in [-0.05, 0) is 48.4 Å². The van der Waals surface area contributed by atoms with Crippen LogP contribution in [0, 0.1) is 28.4 Å². The zero-order valence-corrected chi connectivity index (χ0v) is 27.4. The van der Waals surface area contributed by atoms with Gasteiger partial charge in [-0.15, -0.1) is 0 Å². The number of nitrogens with zero attached hydrogens (tertiary/aromatic N) is 2. The Morgan fingerprint density at radius 3 is 2.50 bits per heavy atom. The first-order chi connectivity index (χ1) is 20.7. The summed E-state index contributed by atoms with van der Waals surface area (Å²) in [7, 11) is -3.59. The number of carbonyl (C=O) groups is 1. The maximum Gasteiger partial charge on any atom is 0.238 e. The Labute approximate surface area is 268 Å². The molecule has 238 valence electrons. The number of rotatable bonds is 6. The van der Waals surface area contributed by atoms with Crippen LogP contribution in [-0.4, -0.2) is 55.1 Å². The van der Waals surface area contributed by atoms with E-state index in [1.165, 1.54) is 34.6 Å². The highest BCUT2D eigenvalue weighted by molar-refractivity contribution is 7.89. The monoisotopic (exact) mass is 666 g/mol. The first kappa shape index (κ1) is 33.1. The minimum absolute atomic E-state index is 0.0136. The minimum atomic E-state index is -3.59. The zero-order valence-electron chi connectivity index (χ0n) is 25.0. The van der Waals surface area contributed by atoms with Crippen molar-refractivity contribution in [2.24, 2.45) is 5.41 Å². The molecule has 1 unspecified atom stereocenters. The van der Waals surface area contributed by atoms with Crippen LogP contribution < -0.4 is 10.6 Å². The van der Waals surface area contributed by atoms with Crippen molar-refractivity contribution in [3.8, 4) is 6.07 Å². The van der Waals surface area contributed by atoms with Crippen molar-refractivity contribution >= 4 is 39.1 Å². The Bertz CT molecular complexity index is 1570. The van der Waals surface area contributed by atoms with Gasteiger partial charge in [0.25, 0.3) is 0 Å². The lowest BCUT2D eigenvalue weighted by Gasteiger charge is -2.37. The third-order valence-corrected chi connectivity index (χ3v) is 11.7. The number of amides is 1. The molecule has 2 N–H and O–H groups in total. The van der Waals surface area contributed by atoms with Gasteiger partial charge in [0.05, 0.1) is 28.9 Å². The second kappa shape index (κ2) is 12.5. The van der Waals surface area contributed by atoms with Gasteiger partial charge in [0.2, 0.25) is 15.9 Å². The summed E-state index contributed by atoms with van der Waals surface area (Å²) in [5.41, 5.74) is -2.17. The molecule has 44 heavy (non-hydrogen) atoms. The molecule has 0 spiro atoms. The molecule has 1 aliphatic carbocycles. The van der Waals surface area contributed by atoms with E-state index in [1.54, 1.807) is 0 Å². The molecule has 3 aliphatic rings. The first-order valence-electron chi connectivity index (χ1n) is 15.0. The van der Waals surface area contributed by atoms with Gasteiger partial charge >= 0.3 is 0 Å². The molecule has 7 nitrogen and oxygen atoms in total. The topological polar surface area (TPSA) is 102 Å². The SMILES string of the molecule is CC(C)(C)C[C@@H]1N[C@@H](C(=O)NC2CN(C3CCCCC3)S(=O)(=O)C2)[C@H](c2cccc(Cl)c2F)[C@@]1(C#N)c1ccc(Cl)cc1F. The van der Waals surface area contributed by atoms with E-state index in [0.717, 1.165) is 38.2 Å². The van der Waals surface area contributed by atoms with E-state index >= 15 is 8.78 Å². The largest absolute Gasteiger partial charge is 0.350 e. The number of nitrogens with one attached hydrogen (secondary N) is 2. The van der Waals surface area contributed by atoms with Gasteiger partial charge in [-0.25, -0.2) is 17.2 Å². The number of sulfonamides is 1. The Morgan fingerprint density at radius 1 is 1.16 bits per heavy atom. The number of carbonyl (C=O) groups excluding carboxylic acids is 1. The fraction of sp³-hybridized carbons (Fsp3) is 0.562. The Morgan fingerprint density at radius 2 is 1.86 bits per heavy atom. The van der Waals surface area contributed by atoms with Crippen LogP contribution in [0.15, 0.2) is 36.4 Å². The highest BCUT2D eigenvalue weighted by Gasteiger charge is 2.61. The van der Waals surface area contributed by atoms with E-state index in [9.17, 15) is 18.5 Å². The fourth-order valence-electron chi connectivity index (χ4n) is 7.41. The number of halogens is 4. The lowest BCUT2D eigenvalue weighted by molar-refractivity contribution is -0.123. The van der Waals surface area contributed by atoms with Crippen LogP contribution in [0.1, 0.15) is 76.3 Å². The third-order valence-electron chi connectivity index (χ3n) is 9.23. The third kappa shape index (κ3) is 6.23. The summed E-state index contributed by atoms with van der Waals surface area (Å²) in [6.45, 7) is 6.02. The van der Waals surface area contributed by atoms with Crippen LogP contribution >= 0.6 is 23.2 Å². The van der Waals surface area contributed by atoms with E-state index in [0.29, 0.717) is 6.42 Å². The lowest BCUT2D eigenvalue weighted by atomic mass is 9.62. The average molecular weight is 668 g/mol. The second-order valence-electron chi connectivity index (χ2n) is 13.5. The summed E-state index contributed by atoms with van der Waals surface area (Å²) >= 11 is 12.3. The smallest absolute Gasteiger partial charge is 0.238 e. The van der Waals surface area contributed by atoms with Crippen molar-refractivity contribution < 1.29 is 22.0 Å². The number of hydrogen-bond donors (Lipinski definition) is 2. The number of benzene rings is 2. The van der Waals surface area contributed by atoms with Crippen LogP contribution in [0.5, 0.6) is 0 Å². The van der Waals surface area contributed by atoms with Gasteiger partial charge in [-0.2, -0.15) is 9.57 Å². The summed E-state index contributed by atoms with van der Waals surface area (Å²) in [5.74, 6) is -3.62. The summed E-state index contributed by atoms with van der Waals surface area (Å²) in [6, 6.07) is 7.85. The van der Waals surface area contributed by atoms with Crippen LogP contribution in [-0.2, 0) is 20.2 Å². The Balaban J connectivity index is 1.59. The zero-order chi connectivity index (χ0) is 32.0. The highest BCUT2D eigenvalue weighted by atomic mass is 35.5. The predicted octanol–water partition coefficient (Wildman–Crippen LogP) is 6.06. The minimum Gasteiger partial charge on any atom is -0.350 e. The van der Waals surface area contributed by atoms with Crippen LogP contribution in [0.4, 0.5) is 8.78 Å². The highest BCUT2D eigenvalue weighted by Crippen LogP contribution is 2.52. The van der Waals surface area contributed by atoms with E-state index in [4.69, 9.17) is 23.2 Å². The summed E-state index contributed by atoms with van der Waals surface area (Å²) in [5, 5.41) is 17.1. The summed E-state index contributed by atoms with van der Waals surface area (Å²) in [4.78, 5) is 14.2. The summed E-state index contributed by atoms with van der Waals surface area (Å²) in [6.07, 6.45) is 4.89. The molecule has 1 saturated carbocycles. The molecule has 5 rings (SSSR count). The van der Waals surface area contributed by atoms with Crippen molar-refractivity contribution in [2.45, 2.75) is 94.8 Å². The lowest BCUT2D eigenvalue weighted by Crippen LogP contribution is -2.50. The molecule has 0 bridgehead atoms. The van der Waals surface area contributed by atoms with Gasteiger partial charge in [0.15, 0.2) is 0 Å².